The first-order valence-electron chi connectivity index (χ1n) is 13.9. The van der Waals surface area contributed by atoms with Gasteiger partial charge in [0.15, 0.2) is 0 Å². The fourth-order valence-corrected chi connectivity index (χ4v) is 2.88. The fraction of sp³-hybridized carbons (Fsp3) is 0.714. The average molecular weight is 573 g/mol. The first kappa shape index (κ1) is 36.9. The molecule has 12 heteroatoms. The number of alkyl carbamates (subject to hydrolysis) is 2. The van der Waals surface area contributed by atoms with E-state index < -0.39 is 24.1 Å². The molecule has 0 spiro atoms. The van der Waals surface area contributed by atoms with Gasteiger partial charge in [-0.2, -0.15) is 0 Å². The number of esters is 2. The van der Waals surface area contributed by atoms with Crippen LogP contribution in [0.25, 0.3) is 0 Å². The minimum absolute atomic E-state index is 0.0496. The molecule has 0 aliphatic rings. The Labute approximate surface area is 238 Å². The second-order valence-electron chi connectivity index (χ2n) is 8.96. The number of hydrogen-bond acceptors (Lipinski definition) is 10. The topological polar surface area (TPSA) is 148 Å². The molecule has 0 fully saturated rings. The molecule has 0 aromatic rings. The van der Waals surface area contributed by atoms with E-state index in [1.165, 1.54) is 0 Å². The Bertz CT molecular complexity index is 757. The number of ether oxygens (including phenoxy) is 6. The lowest BCUT2D eigenvalue weighted by Crippen LogP contribution is -2.29. The zero-order chi connectivity index (χ0) is 29.8. The Morgan fingerprint density at radius 3 is 1.88 bits per heavy atom. The van der Waals surface area contributed by atoms with Crippen LogP contribution >= 0.6 is 0 Å². The summed E-state index contributed by atoms with van der Waals surface area (Å²) in [6.07, 6.45) is 6.34. The molecular formula is C28H48N2O10. The van der Waals surface area contributed by atoms with Crippen LogP contribution < -0.4 is 10.6 Å². The molecule has 0 rings (SSSR count). The smallest absolute Gasteiger partial charge is 0.407 e. The van der Waals surface area contributed by atoms with E-state index in [4.69, 9.17) is 28.4 Å². The number of rotatable bonds is 24. The molecule has 2 amide bonds. The Morgan fingerprint density at radius 2 is 1.30 bits per heavy atom. The van der Waals surface area contributed by atoms with E-state index in [9.17, 15) is 19.2 Å². The maximum atomic E-state index is 12.1. The summed E-state index contributed by atoms with van der Waals surface area (Å²) in [6, 6.07) is 0. The lowest BCUT2D eigenvalue weighted by atomic mass is 10.1. The predicted molar refractivity (Wildman–Crippen MR) is 149 cm³/mol. The van der Waals surface area contributed by atoms with Crippen molar-refractivity contribution in [2.45, 2.75) is 59.3 Å². The average Bonchev–Trinajstić information content (AvgIpc) is 2.94. The third-order valence-corrected chi connectivity index (χ3v) is 5.12. The minimum atomic E-state index is -0.571. The van der Waals surface area contributed by atoms with Gasteiger partial charge in [0.2, 0.25) is 0 Å². The molecule has 0 saturated carbocycles. The maximum absolute atomic E-state index is 12.1. The summed E-state index contributed by atoms with van der Waals surface area (Å²) in [7, 11) is 0. The molecule has 1 unspecified atom stereocenters. The monoisotopic (exact) mass is 572 g/mol. The lowest BCUT2D eigenvalue weighted by Gasteiger charge is -2.11. The van der Waals surface area contributed by atoms with E-state index in [1.807, 2.05) is 13.0 Å². The summed E-state index contributed by atoms with van der Waals surface area (Å²) in [5, 5.41) is 5.03. The van der Waals surface area contributed by atoms with Gasteiger partial charge in [0.1, 0.15) is 13.2 Å². The van der Waals surface area contributed by atoms with Crippen LogP contribution in [0.3, 0.4) is 0 Å². The van der Waals surface area contributed by atoms with E-state index in [2.05, 4.69) is 24.1 Å². The van der Waals surface area contributed by atoms with Crippen LogP contribution in [0.15, 0.2) is 24.3 Å². The molecule has 0 radical (unpaired) electrons. The number of nitrogens with one attached hydrogen (secondary N) is 2. The van der Waals surface area contributed by atoms with Gasteiger partial charge in [0.05, 0.1) is 26.3 Å². The van der Waals surface area contributed by atoms with Crippen molar-refractivity contribution in [2.75, 3.05) is 65.9 Å². The summed E-state index contributed by atoms with van der Waals surface area (Å²) in [5.74, 6) is -0.777. The van der Waals surface area contributed by atoms with Gasteiger partial charge >= 0.3 is 24.1 Å². The van der Waals surface area contributed by atoms with Gasteiger partial charge in [0.25, 0.3) is 0 Å². The van der Waals surface area contributed by atoms with Gasteiger partial charge in [-0.15, -0.1) is 0 Å². The molecule has 230 valence electrons. The van der Waals surface area contributed by atoms with Crippen molar-refractivity contribution in [3.05, 3.63) is 24.3 Å². The molecule has 0 bridgehead atoms. The molecule has 0 aliphatic carbocycles. The van der Waals surface area contributed by atoms with Gasteiger partial charge in [-0.05, 0) is 51.4 Å². The van der Waals surface area contributed by atoms with Gasteiger partial charge in [-0.3, -0.25) is 0 Å². The second-order valence-corrected chi connectivity index (χ2v) is 8.96. The standard InChI is InChI=1S/C28H48N2O10/c1-5-15-35-16-7-9-18-39-28(34)30-14-21-38-26(32)24(4)12-11-23(3)22-36-17-8-10-19-40-27(33)29-13-20-37-25(31)6-2/h6,12,23H,2,5,7-11,13-22H2,1,3-4H3,(H,29,33)(H,30,34)/b24-12+. The molecule has 0 aromatic heterocycles. The van der Waals surface area contributed by atoms with Crippen LogP contribution in [0.1, 0.15) is 59.3 Å². The summed E-state index contributed by atoms with van der Waals surface area (Å²) in [6.45, 7) is 12.5. The number of amides is 2. The Morgan fingerprint density at radius 1 is 0.750 bits per heavy atom. The summed E-state index contributed by atoms with van der Waals surface area (Å²) in [4.78, 5) is 46.1. The third kappa shape index (κ3) is 24.0. The number of allylic oxidation sites excluding steroid dienone is 1. The molecular weight excluding hydrogens is 524 g/mol. The molecule has 0 aromatic carbocycles. The quantitative estimate of drug-likeness (QED) is 0.0759. The van der Waals surface area contributed by atoms with E-state index >= 15 is 0 Å². The highest BCUT2D eigenvalue weighted by Crippen LogP contribution is 2.08. The van der Waals surface area contributed by atoms with Crippen LogP contribution in [0.2, 0.25) is 0 Å². The Hall–Kier alpha value is -3.12. The van der Waals surface area contributed by atoms with E-state index in [0.717, 1.165) is 38.4 Å². The number of unbranched alkanes of at least 4 members (excludes halogenated alkanes) is 2. The normalized spacial score (nSPS) is 11.7. The van der Waals surface area contributed by atoms with Gasteiger partial charge < -0.3 is 39.1 Å². The van der Waals surface area contributed by atoms with Crippen molar-refractivity contribution < 1.29 is 47.6 Å². The fourth-order valence-electron chi connectivity index (χ4n) is 2.88. The highest BCUT2D eigenvalue weighted by molar-refractivity contribution is 5.87. The Balaban J connectivity index is 3.72. The van der Waals surface area contributed by atoms with Crippen molar-refractivity contribution in [1.82, 2.24) is 10.6 Å². The summed E-state index contributed by atoms with van der Waals surface area (Å²) in [5.41, 5.74) is 0.494. The van der Waals surface area contributed by atoms with Crippen LogP contribution in [-0.2, 0) is 38.0 Å². The van der Waals surface area contributed by atoms with Gasteiger partial charge in [-0.25, -0.2) is 19.2 Å². The summed E-state index contributed by atoms with van der Waals surface area (Å²) >= 11 is 0. The van der Waals surface area contributed by atoms with Crippen LogP contribution in [0.4, 0.5) is 9.59 Å². The second kappa shape index (κ2) is 26.1. The number of hydrogen-bond donors (Lipinski definition) is 2. The highest BCUT2D eigenvalue weighted by atomic mass is 16.6. The Kier molecular flexibility index (Phi) is 24.1. The van der Waals surface area contributed by atoms with Gasteiger partial charge in [0, 0.05) is 38.1 Å². The number of carbonyl (C=O) groups is 4. The molecule has 0 heterocycles. The molecule has 40 heavy (non-hydrogen) atoms. The van der Waals surface area contributed by atoms with Crippen molar-refractivity contribution in [1.29, 1.82) is 0 Å². The third-order valence-electron chi connectivity index (χ3n) is 5.12. The van der Waals surface area contributed by atoms with E-state index in [-0.39, 0.29) is 38.8 Å². The largest absolute Gasteiger partial charge is 0.461 e. The molecule has 1 atom stereocenters. The first-order chi connectivity index (χ1) is 19.3. The van der Waals surface area contributed by atoms with E-state index in [1.54, 1.807) is 6.92 Å². The number of carbonyl (C=O) groups excluding carboxylic acids is 4. The minimum Gasteiger partial charge on any atom is -0.461 e. The van der Waals surface area contributed by atoms with Crippen molar-refractivity contribution in [2.24, 2.45) is 5.92 Å². The zero-order valence-electron chi connectivity index (χ0n) is 24.3. The molecule has 0 aliphatic heterocycles. The zero-order valence-corrected chi connectivity index (χ0v) is 24.3. The molecule has 0 saturated heterocycles. The first-order valence-corrected chi connectivity index (χ1v) is 13.9. The van der Waals surface area contributed by atoms with Crippen molar-refractivity contribution in [3.63, 3.8) is 0 Å². The highest BCUT2D eigenvalue weighted by Gasteiger charge is 2.09. The van der Waals surface area contributed by atoms with Gasteiger partial charge in [-0.1, -0.05) is 26.5 Å². The van der Waals surface area contributed by atoms with Crippen LogP contribution in [0.5, 0.6) is 0 Å². The molecule has 2 N–H and O–H groups in total. The van der Waals surface area contributed by atoms with E-state index in [0.29, 0.717) is 44.8 Å². The lowest BCUT2D eigenvalue weighted by molar-refractivity contribution is -0.139. The maximum Gasteiger partial charge on any atom is 0.407 e. The predicted octanol–water partition coefficient (Wildman–Crippen LogP) is 3.69. The van der Waals surface area contributed by atoms with Crippen LogP contribution in [0, 0.1) is 5.92 Å². The van der Waals surface area contributed by atoms with Crippen molar-refractivity contribution in [3.8, 4) is 0 Å². The van der Waals surface area contributed by atoms with Crippen LogP contribution in [-0.4, -0.2) is 90.1 Å². The SMILES string of the molecule is C=CC(=O)OCCNC(=O)OCCCCOCC(C)C/C=C(\C)C(=O)OCCNC(=O)OCCCCOCCC. The van der Waals surface area contributed by atoms with Crippen molar-refractivity contribution >= 4 is 24.1 Å². The summed E-state index contributed by atoms with van der Waals surface area (Å²) < 4.78 is 31.0. The molecule has 12 nitrogen and oxygen atoms in total.